The zero-order valence-electron chi connectivity index (χ0n) is 9.75. The Bertz CT molecular complexity index is 368. The minimum Gasteiger partial charge on any atom is -0.492 e. The van der Waals surface area contributed by atoms with Crippen molar-refractivity contribution in [3.05, 3.63) is 27.7 Å². The van der Waals surface area contributed by atoms with Crippen LogP contribution in [0.15, 0.2) is 12.1 Å². The summed E-state index contributed by atoms with van der Waals surface area (Å²) in [7, 11) is 0. The molecule has 5 heteroatoms. The van der Waals surface area contributed by atoms with Gasteiger partial charge in [0.2, 0.25) is 0 Å². The highest BCUT2D eigenvalue weighted by atomic mass is 35.5. The minimum absolute atomic E-state index is 0.0104. The topological polar surface area (TPSA) is 55.5 Å². The van der Waals surface area contributed by atoms with Crippen molar-refractivity contribution in [2.75, 3.05) is 19.8 Å². The van der Waals surface area contributed by atoms with Gasteiger partial charge in [-0.1, -0.05) is 23.2 Å². The Morgan fingerprint density at radius 2 is 2.12 bits per heavy atom. The van der Waals surface area contributed by atoms with E-state index in [0.29, 0.717) is 35.4 Å². The van der Waals surface area contributed by atoms with Crippen LogP contribution in [0.2, 0.25) is 10.0 Å². The van der Waals surface area contributed by atoms with Crippen molar-refractivity contribution < 1.29 is 9.84 Å². The van der Waals surface area contributed by atoms with Crippen molar-refractivity contribution in [2.45, 2.75) is 13.3 Å². The fourth-order valence-electron chi connectivity index (χ4n) is 1.60. The van der Waals surface area contributed by atoms with Gasteiger partial charge in [0, 0.05) is 11.6 Å². The third-order valence-corrected chi connectivity index (χ3v) is 2.97. The van der Waals surface area contributed by atoms with Crippen LogP contribution in [0.3, 0.4) is 0 Å². The van der Waals surface area contributed by atoms with Crippen LogP contribution in [0.4, 0.5) is 0 Å². The fourth-order valence-corrected chi connectivity index (χ4v) is 2.19. The molecule has 0 bridgehead atoms. The van der Waals surface area contributed by atoms with E-state index in [-0.39, 0.29) is 12.5 Å². The van der Waals surface area contributed by atoms with Crippen LogP contribution in [0.5, 0.6) is 5.75 Å². The summed E-state index contributed by atoms with van der Waals surface area (Å²) in [6.07, 6.45) is 0.600. The smallest absolute Gasteiger partial charge is 0.141 e. The van der Waals surface area contributed by atoms with E-state index in [1.165, 1.54) is 0 Å². The highest BCUT2D eigenvalue weighted by Crippen LogP contribution is 2.33. The first-order chi connectivity index (χ1) is 8.12. The lowest BCUT2D eigenvalue weighted by Gasteiger charge is -2.16. The lowest BCUT2D eigenvalue weighted by Crippen LogP contribution is -2.20. The maximum Gasteiger partial charge on any atom is 0.141 e. The second kappa shape index (κ2) is 7.07. The van der Waals surface area contributed by atoms with Gasteiger partial charge in [0.15, 0.2) is 0 Å². The summed E-state index contributed by atoms with van der Waals surface area (Å²) < 4.78 is 5.50. The summed E-state index contributed by atoms with van der Waals surface area (Å²) in [5.74, 6) is 0.620. The molecule has 0 spiro atoms. The molecule has 0 aliphatic carbocycles. The number of aliphatic hydroxyl groups is 1. The van der Waals surface area contributed by atoms with E-state index in [1.807, 2.05) is 6.92 Å². The third-order valence-electron chi connectivity index (χ3n) is 2.47. The van der Waals surface area contributed by atoms with Gasteiger partial charge in [0.25, 0.3) is 0 Å². The Morgan fingerprint density at radius 1 is 1.41 bits per heavy atom. The Hall–Kier alpha value is -0.480. The molecule has 0 aliphatic rings. The van der Waals surface area contributed by atoms with E-state index in [4.69, 9.17) is 38.8 Å². The average molecular weight is 278 g/mol. The zero-order valence-corrected chi connectivity index (χ0v) is 11.3. The Kier molecular flexibility index (Phi) is 6.06. The lowest BCUT2D eigenvalue weighted by atomic mass is 9.99. The predicted molar refractivity (Wildman–Crippen MR) is 71.0 cm³/mol. The van der Waals surface area contributed by atoms with Crippen LogP contribution in [-0.2, 0) is 6.42 Å². The van der Waals surface area contributed by atoms with Gasteiger partial charge in [0.05, 0.1) is 11.6 Å². The van der Waals surface area contributed by atoms with Gasteiger partial charge < -0.3 is 15.6 Å². The molecule has 0 amide bonds. The summed E-state index contributed by atoms with van der Waals surface area (Å²) in [5.41, 5.74) is 6.45. The summed E-state index contributed by atoms with van der Waals surface area (Å²) in [5, 5.41) is 10.2. The number of ether oxygens (including phenoxy) is 1. The number of nitrogens with two attached hydrogens (primary N) is 1. The van der Waals surface area contributed by atoms with Crippen LogP contribution >= 0.6 is 23.2 Å². The number of halogens is 2. The van der Waals surface area contributed by atoms with E-state index < -0.39 is 0 Å². The first kappa shape index (κ1) is 14.6. The highest BCUT2D eigenvalue weighted by molar-refractivity contribution is 6.35. The van der Waals surface area contributed by atoms with Crippen molar-refractivity contribution in [1.82, 2.24) is 0 Å². The SMILES string of the molecule is CCOc1c(Cl)cc(Cl)cc1CC(CN)CO. The largest absolute Gasteiger partial charge is 0.492 e. The molecule has 0 fully saturated rings. The van der Waals surface area contributed by atoms with Gasteiger partial charge in [-0.25, -0.2) is 0 Å². The fraction of sp³-hybridized carbons (Fsp3) is 0.500. The molecule has 3 N–H and O–H groups in total. The summed E-state index contributed by atoms with van der Waals surface area (Å²) >= 11 is 12.0. The number of rotatable bonds is 6. The number of benzene rings is 1. The molecule has 1 rings (SSSR count). The van der Waals surface area contributed by atoms with Crippen LogP contribution < -0.4 is 10.5 Å². The minimum atomic E-state index is -0.0104. The van der Waals surface area contributed by atoms with Crippen LogP contribution in [0.25, 0.3) is 0 Å². The first-order valence-corrected chi connectivity index (χ1v) is 6.29. The normalized spacial score (nSPS) is 12.5. The molecule has 96 valence electrons. The number of hydrogen-bond acceptors (Lipinski definition) is 3. The molecule has 3 nitrogen and oxygen atoms in total. The molecule has 0 saturated carbocycles. The van der Waals surface area contributed by atoms with Crippen LogP contribution in [0, 0.1) is 5.92 Å². The number of hydrogen-bond donors (Lipinski definition) is 2. The summed E-state index contributed by atoms with van der Waals surface area (Å²) in [6, 6.07) is 3.45. The molecule has 0 heterocycles. The van der Waals surface area contributed by atoms with Gasteiger partial charge in [-0.15, -0.1) is 0 Å². The third kappa shape index (κ3) is 4.03. The molecule has 0 aromatic heterocycles. The average Bonchev–Trinajstić information content (AvgIpc) is 2.30. The standard InChI is InChI=1S/C12H17Cl2NO2/c1-2-17-12-9(3-8(6-15)7-16)4-10(13)5-11(12)14/h4-5,8,16H,2-3,6-7,15H2,1H3. The second-order valence-corrected chi connectivity index (χ2v) is 4.64. The zero-order chi connectivity index (χ0) is 12.8. The molecular weight excluding hydrogens is 261 g/mol. The maximum atomic E-state index is 9.16. The van der Waals surface area contributed by atoms with Crippen molar-refractivity contribution in [1.29, 1.82) is 0 Å². The second-order valence-electron chi connectivity index (χ2n) is 3.80. The Labute approximate surface area is 111 Å². The molecular formula is C12H17Cl2NO2. The Balaban J connectivity index is 3.02. The molecule has 0 radical (unpaired) electrons. The van der Waals surface area contributed by atoms with Crippen LogP contribution in [0.1, 0.15) is 12.5 Å². The van der Waals surface area contributed by atoms with Gasteiger partial charge >= 0.3 is 0 Å². The van der Waals surface area contributed by atoms with Gasteiger partial charge in [0.1, 0.15) is 5.75 Å². The van der Waals surface area contributed by atoms with Crippen LogP contribution in [-0.4, -0.2) is 24.9 Å². The van der Waals surface area contributed by atoms with Crippen molar-refractivity contribution in [3.8, 4) is 5.75 Å². The van der Waals surface area contributed by atoms with Gasteiger partial charge in [-0.2, -0.15) is 0 Å². The Morgan fingerprint density at radius 3 is 2.65 bits per heavy atom. The van der Waals surface area contributed by atoms with Crippen molar-refractivity contribution in [3.63, 3.8) is 0 Å². The summed E-state index contributed by atoms with van der Waals surface area (Å²) in [6.45, 7) is 2.86. The quantitative estimate of drug-likeness (QED) is 0.840. The van der Waals surface area contributed by atoms with E-state index in [2.05, 4.69) is 0 Å². The lowest BCUT2D eigenvalue weighted by molar-refractivity contribution is 0.228. The summed E-state index contributed by atoms with van der Waals surface area (Å²) in [4.78, 5) is 0. The highest BCUT2D eigenvalue weighted by Gasteiger charge is 2.14. The van der Waals surface area contributed by atoms with E-state index in [9.17, 15) is 0 Å². The molecule has 1 aromatic carbocycles. The molecule has 0 saturated heterocycles. The number of aliphatic hydroxyl groups excluding tert-OH is 1. The van der Waals surface area contributed by atoms with Gasteiger partial charge in [-0.05, 0) is 43.5 Å². The molecule has 1 unspecified atom stereocenters. The molecule has 1 aromatic rings. The van der Waals surface area contributed by atoms with E-state index in [0.717, 1.165) is 5.56 Å². The maximum absolute atomic E-state index is 9.16. The molecule has 1 atom stereocenters. The monoisotopic (exact) mass is 277 g/mol. The molecule has 0 aliphatic heterocycles. The van der Waals surface area contributed by atoms with Gasteiger partial charge in [-0.3, -0.25) is 0 Å². The molecule has 17 heavy (non-hydrogen) atoms. The van der Waals surface area contributed by atoms with Crippen molar-refractivity contribution >= 4 is 23.2 Å². The van der Waals surface area contributed by atoms with E-state index >= 15 is 0 Å². The van der Waals surface area contributed by atoms with Crippen molar-refractivity contribution in [2.24, 2.45) is 11.7 Å². The first-order valence-electron chi connectivity index (χ1n) is 5.54. The predicted octanol–water partition coefficient (Wildman–Crippen LogP) is 2.50. The van der Waals surface area contributed by atoms with E-state index in [1.54, 1.807) is 12.1 Å².